The molecule has 0 aliphatic heterocycles. The summed E-state index contributed by atoms with van der Waals surface area (Å²) in [5, 5.41) is 0. The average Bonchev–Trinajstić information content (AvgIpc) is 2.44. The van der Waals surface area contributed by atoms with E-state index in [1.807, 2.05) is 24.3 Å². The molecule has 2 aromatic rings. The van der Waals surface area contributed by atoms with Crippen molar-refractivity contribution >= 4 is 45.2 Å². The molecule has 0 fully saturated rings. The average molecular weight is 496 g/mol. The van der Waals surface area contributed by atoms with Gasteiger partial charge in [0.15, 0.2) is 5.75 Å². The number of hydrogen-bond acceptors (Lipinski definition) is 3. The van der Waals surface area contributed by atoms with Gasteiger partial charge in [-0.3, -0.25) is 0 Å². The third-order valence-electron chi connectivity index (χ3n) is 2.65. The van der Waals surface area contributed by atoms with Crippen molar-refractivity contribution in [1.29, 1.82) is 0 Å². The fourth-order valence-electron chi connectivity index (χ4n) is 1.72. The molecule has 106 valence electrons. The van der Waals surface area contributed by atoms with Crippen LogP contribution in [0.3, 0.4) is 0 Å². The Morgan fingerprint density at radius 3 is 1.95 bits per heavy atom. The molecule has 20 heavy (non-hydrogen) atoms. The third kappa shape index (κ3) is 3.98. The minimum atomic E-state index is 0.606. The smallest absolute Gasteiger partial charge is 0.154 e. The lowest BCUT2D eigenvalue weighted by Crippen LogP contribution is -1.95. The maximum absolute atomic E-state index is 5.96. The van der Waals surface area contributed by atoms with Gasteiger partial charge in [-0.15, -0.1) is 0 Å². The second-order valence-electron chi connectivity index (χ2n) is 4.10. The number of methoxy groups -OCH3 is 2. The summed E-state index contributed by atoms with van der Waals surface area (Å²) in [6, 6.07) is 11.7. The Morgan fingerprint density at radius 2 is 1.45 bits per heavy atom. The van der Waals surface area contributed by atoms with E-state index in [9.17, 15) is 0 Å². The van der Waals surface area contributed by atoms with E-state index in [1.165, 1.54) is 0 Å². The van der Waals surface area contributed by atoms with Crippen LogP contribution in [0.4, 0.5) is 0 Å². The van der Waals surface area contributed by atoms with Crippen LogP contribution in [0.2, 0.25) is 0 Å². The van der Waals surface area contributed by atoms with Crippen molar-refractivity contribution < 1.29 is 14.2 Å². The Hall–Kier alpha value is -0.540. The van der Waals surface area contributed by atoms with Gasteiger partial charge >= 0.3 is 0 Å². The van der Waals surface area contributed by atoms with Gasteiger partial charge in [0, 0.05) is 7.11 Å². The zero-order valence-electron chi connectivity index (χ0n) is 11.2. The van der Waals surface area contributed by atoms with Crippen LogP contribution >= 0.6 is 45.2 Å². The van der Waals surface area contributed by atoms with E-state index in [4.69, 9.17) is 14.2 Å². The molecule has 0 heterocycles. The van der Waals surface area contributed by atoms with Crippen LogP contribution in [-0.4, -0.2) is 14.2 Å². The highest BCUT2D eigenvalue weighted by molar-refractivity contribution is 14.1. The molecule has 0 radical (unpaired) electrons. The van der Waals surface area contributed by atoms with Crippen molar-refractivity contribution in [3.8, 4) is 17.2 Å². The van der Waals surface area contributed by atoms with E-state index >= 15 is 0 Å². The van der Waals surface area contributed by atoms with Gasteiger partial charge in [-0.1, -0.05) is 0 Å². The minimum Gasteiger partial charge on any atom is -0.497 e. The SMILES string of the molecule is COCc1cc(I)c(Oc2ccc(OC)cc2)c(I)c1. The first-order valence-electron chi connectivity index (χ1n) is 5.93. The topological polar surface area (TPSA) is 27.7 Å². The second kappa shape index (κ2) is 7.46. The van der Waals surface area contributed by atoms with Crippen molar-refractivity contribution in [3.05, 3.63) is 49.1 Å². The van der Waals surface area contributed by atoms with Crippen molar-refractivity contribution in [2.24, 2.45) is 0 Å². The molecule has 0 bridgehead atoms. The molecule has 0 amide bonds. The third-order valence-corrected chi connectivity index (χ3v) is 4.25. The summed E-state index contributed by atoms with van der Waals surface area (Å²) in [7, 11) is 3.35. The Kier molecular flexibility index (Phi) is 5.91. The predicted molar refractivity (Wildman–Crippen MR) is 95.7 cm³/mol. The Labute approximate surface area is 145 Å². The standard InChI is InChI=1S/C15H14I2O3/c1-18-9-10-7-13(16)15(14(17)8-10)20-12-5-3-11(19-2)4-6-12/h3-8H,9H2,1-2H3. The summed E-state index contributed by atoms with van der Waals surface area (Å²) in [5.41, 5.74) is 1.14. The first kappa shape index (κ1) is 15.8. The van der Waals surface area contributed by atoms with Crippen LogP contribution < -0.4 is 9.47 Å². The maximum Gasteiger partial charge on any atom is 0.154 e. The molecule has 5 heteroatoms. The number of ether oxygens (including phenoxy) is 3. The van der Waals surface area contributed by atoms with E-state index in [2.05, 4.69) is 57.3 Å². The van der Waals surface area contributed by atoms with E-state index in [-0.39, 0.29) is 0 Å². The summed E-state index contributed by atoms with van der Waals surface area (Å²) >= 11 is 4.56. The maximum atomic E-state index is 5.96. The van der Waals surface area contributed by atoms with Gasteiger partial charge in [0.25, 0.3) is 0 Å². The summed E-state index contributed by atoms with van der Waals surface area (Å²) < 4.78 is 18.4. The number of hydrogen-bond donors (Lipinski definition) is 0. The van der Waals surface area contributed by atoms with Gasteiger partial charge in [0.2, 0.25) is 0 Å². The second-order valence-corrected chi connectivity index (χ2v) is 6.42. The summed E-state index contributed by atoms with van der Waals surface area (Å²) in [4.78, 5) is 0. The van der Waals surface area contributed by atoms with Crippen LogP contribution in [0.15, 0.2) is 36.4 Å². The van der Waals surface area contributed by atoms with Crippen molar-refractivity contribution in [1.82, 2.24) is 0 Å². The van der Waals surface area contributed by atoms with Crippen LogP contribution in [0.25, 0.3) is 0 Å². The van der Waals surface area contributed by atoms with Crippen LogP contribution in [-0.2, 0) is 11.3 Å². The zero-order valence-corrected chi connectivity index (χ0v) is 15.5. The molecule has 0 unspecified atom stereocenters. The van der Waals surface area contributed by atoms with Crippen molar-refractivity contribution in [3.63, 3.8) is 0 Å². The summed E-state index contributed by atoms with van der Waals surface area (Å²) in [6.45, 7) is 0.606. The van der Waals surface area contributed by atoms with Crippen molar-refractivity contribution in [2.75, 3.05) is 14.2 Å². The molecule has 0 spiro atoms. The van der Waals surface area contributed by atoms with Gasteiger partial charge in [-0.2, -0.15) is 0 Å². The van der Waals surface area contributed by atoms with Gasteiger partial charge < -0.3 is 14.2 Å². The fourth-order valence-corrected chi connectivity index (χ4v) is 3.84. The molecule has 2 aromatic carbocycles. The highest BCUT2D eigenvalue weighted by atomic mass is 127. The lowest BCUT2D eigenvalue weighted by molar-refractivity contribution is 0.184. The Morgan fingerprint density at radius 1 is 0.900 bits per heavy atom. The summed E-state index contributed by atoms with van der Waals surface area (Å²) in [5.74, 6) is 2.48. The molecule has 0 aromatic heterocycles. The molecule has 0 N–H and O–H groups in total. The molecule has 0 saturated heterocycles. The normalized spacial score (nSPS) is 10.4. The van der Waals surface area contributed by atoms with Gasteiger partial charge in [0.05, 0.1) is 20.9 Å². The fraction of sp³-hybridized carbons (Fsp3) is 0.200. The van der Waals surface area contributed by atoms with E-state index < -0.39 is 0 Å². The summed E-state index contributed by atoms with van der Waals surface area (Å²) in [6.07, 6.45) is 0. The minimum absolute atomic E-state index is 0.606. The number of halogens is 2. The quantitative estimate of drug-likeness (QED) is 0.555. The highest BCUT2D eigenvalue weighted by Crippen LogP contribution is 2.33. The molecular formula is C15H14I2O3. The molecule has 0 atom stereocenters. The molecular weight excluding hydrogens is 482 g/mol. The zero-order chi connectivity index (χ0) is 14.5. The molecule has 2 rings (SSSR count). The van der Waals surface area contributed by atoms with Gasteiger partial charge in [0.1, 0.15) is 11.5 Å². The predicted octanol–water partition coefficient (Wildman–Crippen LogP) is 4.84. The number of benzene rings is 2. The number of rotatable bonds is 5. The Bertz CT molecular complexity index is 559. The van der Waals surface area contributed by atoms with Crippen LogP contribution in [0.5, 0.6) is 17.2 Å². The molecule has 3 nitrogen and oxygen atoms in total. The van der Waals surface area contributed by atoms with Crippen LogP contribution in [0.1, 0.15) is 5.56 Å². The monoisotopic (exact) mass is 496 g/mol. The Balaban J connectivity index is 2.23. The molecule has 0 saturated carbocycles. The lowest BCUT2D eigenvalue weighted by Gasteiger charge is -2.12. The highest BCUT2D eigenvalue weighted by Gasteiger charge is 2.10. The largest absolute Gasteiger partial charge is 0.497 e. The van der Waals surface area contributed by atoms with Crippen molar-refractivity contribution in [2.45, 2.75) is 6.61 Å². The molecule has 0 aliphatic carbocycles. The first-order valence-corrected chi connectivity index (χ1v) is 8.08. The molecule has 0 aliphatic rings. The van der Waals surface area contributed by atoms with E-state index in [0.717, 1.165) is 30.0 Å². The van der Waals surface area contributed by atoms with Gasteiger partial charge in [-0.05, 0) is 87.1 Å². The van der Waals surface area contributed by atoms with Crippen LogP contribution in [0, 0.1) is 7.14 Å². The van der Waals surface area contributed by atoms with E-state index in [1.54, 1.807) is 14.2 Å². The lowest BCUT2D eigenvalue weighted by atomic mass is 10.2. The van der Waals surface area contributed by atoms with Gasteiger partial charge in [-0.25, -0.2) is 0 Å². The first-order chi connectivity index (χ1) is 9.63. The van der Waals surface area contributed by atoms with E-state index in [0.29, 0.717) is 6.61 Å².